The molecule has 3 unspecified atom stereocenters. The van der Waals surface area contributed by atoms with Crippen molar-refractivity contribution in [3.63, 3.8) is 0 Å². The van der Waals surface area contributed by atoms with Gasteiger partial charge in [0, 0.05) is 31.5 Å². The summed E-state index contributed by atoms with van der Waals surface area (Å²) in [4.78, 5) is 36.6. The second kappa shape index (κ2) is 13.3. The van der Waals surface area contributed by atoms with Gasteiger partial charge in [-0.3, -0.25) is 14.4 Å². The molecule has 6 N–H and O–H groups in total. The average molecular weight is 557 g/mol. The number of carbonyl (C=O) groups is 2. The number of sulfonamides is 1. The summed E-state index contributed by atoms with van der Waals surface area (Å²) in [6, 6.07) is 14.1. The van der Waals surface area contributed by atoms with Gasteiger partial charge in [0.1, 0.15) is 6.04 Å². The Morgan fingerprint density at radius 1 is 1.10 bits per heavy atom. The molecule has 12 nitrogen and oxygen atoms in total. The number of nitrogens with one attached hydrogen (secondary N) is 5. The van der Waals surface area contributed by atoms with Gasteiger partial charge < -0.3 is 20.7 Å². The van der Waals surface area contributed by atoms with Gasteiger partial charge in [-0.15, -0.1) is 0 Å². The van der Waals surface area contributed by atoms with Crippen LogP contribution in [0.3, 0.4) is 0 Å². The van der Waals surface area contributed by atoms with Crippen LogP contribution in [0.1, 0.15) is 25.7 Å². The quantitative estimate of drug-likeness (QED) is 0.162. The summed E-state index contributed by atoms with van der Waals surface area (Å²) in [5.41, 5.74) is 4.69. The molecule has 1 aliphatic heterocycles. The summed E-state index contributed by atoms with van der Waals surface area (Å²) in [5.74, 6) is -1.12. The number of aromatic amines is 1. The highest BCUT2D eigenvalue weighted by atomic mass is 32.2. The highest BCUT2D eigenvalue weighted by Crippen LogP contribution is 2.21. The maximum atomic E-state index is 12.8. The number of anilines is 1. The number of carbonyl (C=O) groups excluding carboxylic acids is 1. The van der Waals surface area contributed by atoms with Gasteiger partial charge in [0.25, 0.3) is 0 Å². The number of imidazole rings is 1. The summed E-state index contributed by atoms with van der Waals surface area (Å²) >= 11 is 0. The lowest BCUT2D eigenvalue weighted by atomic mass is 10.0. The molecule has 0 aliphatic carbocycles. The Kier molecular flexibility index (Phi) is 9.65. The summed E-state index contributed by atoms with van der Waals surface area (Å²) in [6.07, 6.45) is 5.40. The van der Waals surface area contributed by atoms with E-state index in [9.17, 15) is 23.1 Å². The predicted molar refractivity (Wildman–Crippen MR) is 144 cm³/mol. The molecule has 1 aliphatic rings. The Labute approximate surface area is 226 Å². The minimum absolute atomic E-state index is 0.0220. The molecule has 0 radical (unpaired) electrons. The molecule has 0 saturated carbocycles. The van der Waals surface area contributed by atoms with Crippen LogP contribution in [0.5, 0.6) is 0 Å². The first-order valence-corrected chi connectivity index (χ1v) is 14.1. The van der Waals surface area contributed by atoms with E-state index in [0.717, 1.165) is 30.5 Å². The van der Waals surface area contributed by atoms with Crippen molar-refractivity contribution in [2.75, 3.05) is 18.4 Å². The van der Waals surface area contributed by atoms with Gasteiger partial charge in [0.05, 0.1) is 17.4 Å². The van der Waals surface area contributed by atoms with E-state index in [-0.39, 0.29) is 23.5 Å². The third-order valence-corrected chi connectivity index (χ3v) is 7.74. The summed E-state index contributed by atoms with van der Waals surface area (Å²) in [7, 11) is -4.13. The van der Waals surface area contributed by atoms with Gasteiger partial charge in [-0.05, 0) is 42.5 Å². The molecule has 2 heterocycles. The average Bonchev–Trinajstić information content (AvgIpc) is 3.62. The topological polar surface area (TPSA) is 175 Å². The minimum atomic E-state index is -4.13. The molecule has 1 fully saturated rings. The number of hydroxylamine groups is 1. The molecular formula is C26H32N6O6S. The van der Waals surface area contributed by atoms with Gasteiger partial charge in [-0.25, -0.2) is 13.4 Å². The zero-order valence-corrected chi connectivity index (χ0v) is 22.0. The SMILES string of the molecule is O=C(CC1CC(CCCNc2ncc[nH]2)NO1)NCC(NS(=O)(=O)c1ccc(-c2ccccc2)cc1)C(=O)O. The van der Waals surface area contributed by atoms with E-state index in [4.69, 9.17) is 4.84 Å². The standard InChI is InChI=1S/C26H32N6O6S/c33-24(16-21-15-20(31-38-21)7-4-12-27-26-28-13-14-29-26)30-17-23(25(34)35)32-39(36,37)22-10-8-19(9-11-22)18-5-2-1-3-6-18/h1-3,5-6,8-11,13-14,20-21,23,31-32H,4,7,12,15-17H2,(H,30,33)(H,34,35)(H2,27,28,29). The van der Waals surface area contributed by atoms with E-state index < -0.39 is 34.5 Å². The van der Waals surface area contributed by atoms with Crippen LogP contribution in [0.15, 0.2) is 71.9 Å². The van der Waals surface area contributed by atoms with Crippen LogP contribution < -0.4 is 20.8 Å². The lowest BCUT2D eigenvalue weighted by Gasteiger charge is -2.16. The summed E-state index contributed by atoms with van der Waals surface area (Å²) < 4.78 is 27.8. The Morgan fingerprint density at radius 3 is 2.54 bits per heavy atom. The zero-order valence-electron chi connectivity index (χ0n) is 21.2. The molecule has 0 bridgehead atoms. The molecule has 39 heavy (non-hydrogen) atoms. The molecule has 4 rings (SSSR count). The maximum Gasteiger partial charge on any atom is 0.323 e. The third kappa shape index (κ3) is 8.35. The number of nitrogens with zero attached hydrogens (tertiary/aromatic N) is 1. The van der Waals surface area contributed by atoms with E-state index in [1.807, 2.05) is 30.3 Å². The highest BCUT2D eigenvalue weighted by Gasteiger charge is 2.29. The number of carboxylic acid groups (broad SMARTS) is 1. The Hall–Kier alpha value is -3.78. The molecule has 1 aromatic heterocycles. The van der Waals surface area contributed by atoms with Crippen molar-refractivity contribution >= 4 is 27.8 Å². The van der Waals surface area contributed by atoms with Crippen LogP contribution in [0.2, 0.25) is 0 Å². The van der Waals surface area contributed by atoms with Crippen LogP contribution >= 0.6 is 0 Å². The Morgan fingerprint density at radius 2 is 1.85 bits per heavy atom. The fourth-order valence-electron chi connectivity index (χ4n) is 4.21. The number of aliphatic carboxylic acids is 1. The van der Waals surface area contributed by atoms with Crippen molar-refractivity contribution < 1.29 is 28.0 Å². The second-order valence-electron chi connectivity index (χ2n) is 9.21. The summed E-state index contributed by atoms with van der Waals surface area (Å²) in [5, 5.41) is 15.2. The van der Waals surface area contributed by atoms with Crippen molar-refractivity contribution in [2.24, 2.45) is 0 Å². The third-order valence-electron chi connectivity index (χ3n) is 6.25. The number of H-pyrrole nitrogens is 1. The van der Waals surface area contributed by atoms with Crippen LogP contribution in [0.4, 0.5) is 5.95 Å². The molecular weight excluding hydrogens is 524 g/mol. The zero-order chi connectivity index (χ0) is 27.7. The van der Waals surface area contributed by atoms with Crippen LogP contribution in [0, 0.1) is 0 Å². The first-order chi connectivity index (χ1) is 18.8. The van der Waals surface area contributed by atoms with Crippen molar-refractivity contribution in [3.8, 4) is 11.1 Å². The normalized spacial score (nSPS) is 17.9. The highest BCUT2D eigenvalue weighted by molar-refractivity contribution is 7.89. The molecule has 208 valence electrons. The molecule has 2 aromatic carbocycles. The van der Waals surface area contributed by atoms with Crippen molar-refractivity contribution in [1.29, 1.82) is 0 Å². The first kappa shape index (κ1) is 28.2. The molecule has 0 spiro atoms. The number of amides is 1. The van der Waals surface area contributed by atoms with Crippen LogP contribution in [-0.4, -0.2) is 66.6 Å². The van der Waals surface area contributed by atoms with Crippen molar-refractivity contribution in [3.05, 3.63) is 67.0 Å². The number of aromatic nitrogens is 2. The van der Waals surface area contributed by atoms with Crippen molar-refractivity contribution in [2.45, 2.75) is 48.8 Å². The number of hydrogen-bond donors (Lipinski definition) is 6. The van der Waals surface area contributed by atoms with Gasteiger partial charge in [-0.1, -0.05) is 42.5 Å². The number of benzene rings is 2. The molecule has 1 saturated heterocycles. The molecule has 13 heteroatoms. The van der Waals surface area contributed by atoms with E-state index in [1.165, 1.54) is 12.1 Å². The van der Waals surface area contributed by atoms with Gasteiger partial charge >= 0.3 is 5.97 Å². The van der Waals surface area contributed by atoms with E-state index in [0.29, 0.717) is 12.4 Å². The number of carboxylic acids is 1. The maximum absolute atomic E-state index is 12.8. The minimum Gasteiger partial charge on any atom is -0.480 e. The number of rotatable bonds is 14. The second-order valence-corrected chi connectivity index (χ2v) is 10.9. The predicted octanol–water partition coefficient (Wildman–Crippen LogP) is 1.87. The Bertz CT molecular complexity index is 1320. The largest absolute Gasteiger partial charge is 0.480 e. The van der Waals surface area contributed by atoms with E-state index in [2.05, 4.69) is 30.8 Å². The first-order valence-electron chi connectivity index (χ1n) is 12.6. The number of hydrogen-bond acceptors (Lipinski definition) is 8. The monoisotopic (exact) mass is 556 g/mol. The Balaban J connectivity index is 1.21. The van der Waals surface area contributed by atoms with E-state index in [1.54, 1.807) is 24.5 Å². The summed E-state index contributed by atoms with van der Waals surface area (Å²) in [6.45, 7) is 0.331. The lowest BCUT2D eigenvalue weighted by Crippen LogP contribution is -2.48. The van der Waals surface area contributed by atoms with Gasteiger partial charge in [0.15, 0.2) is 5.95 Å². The fraction of sp³-hybridized carbons (Fsp3) is 0.346. The fourth-order valence-corrected chi connectivity index (χ4v) is 5.40. The van der Waals surface area contributed by atoms with Crippen molar-refractivity contribution in [1.82, 2.24) is 25.5 Å². The molecule has 3 aromatic rings. The van der Waals surface area contributed by atoms with Crippen LogP contribution in [0.25, 0.3) is 11.1 Å². The smallest absolute Gasteiger partial charge is 0.323 e. The van der Waals surface area contributed by atoms with E-state index >= 15 is 0 Å². The van der Waals surface area contributed by atoms with Crippen LogP contribution in [-0.2, 0) is 24.4 Å². The van der Waals surface area contributed by atoms with Gasteiger partial charge in [0.2, 0.25) is 15.9 Å². The molecule has 1 amide bonds. The van der Waals surface area contributed by atoms with Gasteiger partial charge in [-0.2, -0.15) is 10.2 Å². The lowest BCUT2D eigenvalue weighted by molar-refractivity contribution is -0.139. The molecule has 3 atom stereocenters.